The highest BCUT2D eigenvalue weighted by molar-refractivity contribution is 7.90. The van der Waals surface area contributed by atoms with Crippen molar-refractivity contribution in [1.29, 1.82) is 0 Å². The van der Waals surface area contributed by atoms with Gasteiger partial charge in [-0.05, 0) is 56.2 Å². The van der Waals surface area contributed by atoms with Gasteiger partial charge in [-0.1, -0.05) is 18.2 Å². The molecule has 0 unspecified atom stereocenters. The predicted molar refractivity (Wildman–Crippen MR) is 94.7 cm³/mol. The van der Waals surface area contributed by atoms with Crippen molar-refractivity contribution < 1.29 is 22.7 Å². The molecule has 132 valence electrons. The molecule has 0 heterocycles. The van der Waals surface area contributed by atoms with Gasteiger partial charge in [-0.15, -0.1) is 0 Å². The lowest BCUT2D eigenvalue weighted by Crippen LogP contribution is -2.24. The molecular formula is C19H20O5S. The van der Waals surface area contributed by atoms with E-state index in [9.17, 15) is 18.0 Å². The van der Waals surface area contributed by atoms with E-state index in [2.05, 4.69) is 0 Å². The Labute approximate surface area is 147 Å². The van der Waals surface area contributed by atoms with Crippen LogP contribution in [0.3, 0.4) is 0 Å². The van der Waals surface area contributed by atoms with Crippen LogP contribution in [0.5, 0.6) is 0 Å². The van der Waals surface area contributed by atoms with Crippen molar-refractivity contribution in [3.63, 3.8) is 0 Å². The number of hydrogen-bond donors (Lipinski definition) is 0. The number of carbonyl (C=O) groups excluding carboxylic acids is 2. The quantitative estimate of drug-likeness (QED) is 0.605. The standard InChI is InChI=1S/C19H20O5S/c1-12-8-9-15(10-13(12)2)18(20)14(3)24-19(21)16-6-5-7-17(11-16)25(4,22)23/h5-11,14H,1-4H3/t14-/m1/s1. The number of sulfone groups is 1. The molecular weight excluding hydrogens is 340 g/mol. The molecule has 0 saturated heterocycles. The van der Waals surface area contributed by atoms with Crippen LogP contribution in [0, 0.1) is 13.8 Å². The summed E-state index contributed by atoms with van der Waals surface area (Å²) in [5.74, 6) is -1.05. The molecule has 2 aromatic rings. The van der Waals surface area contributed by atoms with Gasteiger partial charge in [-0.25, -0.2) is 13.2 Å². The molecule has 0 aliphatic rings. The van der Waals surface area contributed by atoms with Crippen LogP contribution in [0.25, 0.3) is 0 Å². The summed E-state index contributed by atoms with van der Waals surface area (Å²) in [5, 5.41) is 0. The molecule has 0 amide bonds. The average Bonchev–Trinajstić information content (AvgIpc) is 2.56. The Balaban J connectivity index is 2.17. The highest BCUT2D eigenvalue weighted by Crippen LogP contribution is 2.16. The SMILES string of the molecule is Cc1ccc(C(=O)[C@@H](C)OC(=O)c2cccc(S(C)(=O)=O)c2)cc1C. The van der Waals surface area contributed by atoms with Crippen molar-refractivity contribution >= 4 is 21.6 Å². The molecule has 0 fully saturated rings. The van der Waals surface area contributed by atoms with Crippen LogP contribution in [-0.4, -0.2) is 32.5 Å². The monoisotopic (exact) mass is 360 g/mol. The van der Waals surface area contributed by atoms with Crippen LogP contribution < -0.4 is 0 Å². The zero-order valence-corrected chi connectivity index (χ0v) is 15.4. The third-order valence-electron chi connectivity index (χ3n) is 3.94. The smallest absolute Gasteiger partial charge is 0.338 e. The zero-order valence-electron chi connectivity index (χ0n) is 14.6. The number of aryl methyl sites for hydroxylation is 2. The van der Waals surface area contributed by atoms with Crippen LogP contribution in [0.1, 0.15) is 38.8 Å². The van der Waals surface area contributed by atoms with E-state index in [0.717, 1.165) is 17.4 Å². The first-order chi connectivity index (χ1) is 11.6. The molecule has 0 N–H and O–H groups in total. The van der Waals surface area contributed by atoms with Crippen molar-refractivity contribution in [2.75, 3.05) is 6.26 Å². The van der Waals surface area contributed by atoms with Crippen molar-refractivity contribution in [3.05, 3.63) is 64.7 Å². The molecule has 0 bridgehead atoms. The lowest BCUT2D eigenvalue weighted by molar-refractivity contribution is 0.0318. The summed E-state index contributed by atoms with van der Waals surface area (Å²) in [5.41, 5.74) is 2.60. The minimum absolute atomic E-state index is 0.0232. The van der Waals surface area contributed by atoms with Crippen LogP contribution in [0.4, 0.5) is 0 Å². The van der Waals surface area contributed by atoms with Gasteiger partial charge < -0.3 is 4.74 Å². The number of esters is 1. The minimum Gasteiger partial charge on any atom is -0.451 e. The van der Waals surface area contributed by atoms with Gasteiger partial charge in [-0.2, -0.15) is 0 Å². The third kappa shape index (κ3) is 4.54. The predicted octanol–water partition coefficient (Wildman–Crippen LogP) is 3.14. The Morgan fingerprint density at radius 3 is 2.24 bits per heavy atom. The Hall–Kier alpha value is -2.47. The van der Waals surface area contributed by atoms with Crippen LogP contribution >= 0.6 is 0 Å². The molecule has 1 atom stereocenters. The highest BCUT2D eigenvalue weighted by Gasteiger charge is 2.21. The molecule has 0 radical (unpaired) electrons. The maximum absolute atomic E-state index is 12.4. The fraction of sp³-hybridized carbons (Fsp3) is 0.263. The van der Waals surface area contributed by atoms with Crippen molar-refractivity contribution in [1.82, 2.24) is 0 Å². The molecule has 6 heteroatoms. The second-order valence-corrected chi connectivity index (χ2v) is 8.03. The van der Waals surface area contributed by atoms with Gasteiger partial charge in [0.05, 0.1) is 10.5 Å². The van der Waals surface area contributed by atoms with E-state index in [1.54, 1.807) is 12.1 Å². The molecule has 0 aliphatic carbocycles. The Morgan fingerprint density at radius 2 is 1.64 bits per heavy atom. The van der Waals surface area contributed by atoms with E-state index in [1.165, 1.54) is 31.2 Å². The number of carbonyl (C=O) groups is 2. The fourth-order valence-electron chi connectivity index (χ4n) is 2.27. The first kappa shape index (κ1) is 18.9. The molecule has 2 aromatic carbocycles. The largest absolute Gasteiger partial charge is 0.451 e. The number of benzene rings is 2. The number of ether oxygens (including phenoxy) is 1. The molecule has 0 saturated carbocycles. The Bertz CT molecular complexity index is 929. The van der Waals surface area contributed by atoms with Gasteiger partial charge in [0.25, 0.3) is 0 Å². The topological polar surface area (TPSA) is 77.5 Å². The molecule has 5 nitrogen and oxygen atoms in total. The van der Waals surface area contributed by atoms with Gasteiger partial charge in [0.1, 0.15) is 0 Å². The molecule has 0 aliphatic heterocycles. The maximum atomic E-state index is 12.4. The van der Waals surface area contributed by atoms with E-state index in [-0.39, 0.29) is 16.2 Å². The van der Waals surface area contributed by atoms with E-state index >= 15 is 0 Å². The minimum atomic E-state index is -3.43. The first-order valence-corrected chi connectivity index (χ1v) is 9.61. The molecule has 0 spiro atoms. The van der Waals surface area contributed by atoms with Crippen molar-refractivity contribution in [2.45, 2.75) is 31.8 Å². The van der Waals surface area contributed by atoms with Crippen LogP contribution in [-0.2, 0) is 14.6 Å². The summed E-state index contributed by atoms with van der Waals surface area (Å²) in [4.78, 5) is 24.7. The average molecular weight is 360 g/mol. The second-order valence-electron chi connectivity index (χ2n) is 6.01. The lowest BCUT2D eigenvalue weighted by Gasteiger charge is -2.13. The fourth-order valence-corrected chi connectivity index (χ4v) is 2.93. The number of Topliss-reactive ketones (excluding diaryl/α,β-unsaturated/α-hetero) is 1. The van der Waals surface area contributed by atoms with E-state index in [1.807, 2.05) is 19.9 Å². The highest BCUT2D eigenvalue weighted by atomic mass is 32.2. The van der Waals surface area contributed by atoms with Crippen LogP contribution in [0.2, 0.25) is 0 Å². The van der Waals surface area contributed by atoms with Gasteiger partial charge in [0.15, 0.2) is 15.9 Å². The third-order valence-corrected chi connectivity index (χ3v) is 5.05. The summed E-state index contributed by atoms with van der Waals surface area (Å²) in [7, 11) is -3.43. The van der Waals surface area contributed by atoms with Gasteiger partial charge in [0, 0.05) is 11.8 Å². The summed E-state index contributed by atoms with van der Waals surface area (Å²) in [6, 6.07) is 10.8. The molecule has 25 heavy (non-hydrogen) atoms. The van der Waals surface area contributed by atoms with E-state index in [4.69, 9.17) is 4.74 Å². The van der Waals surface area contributed by atoms with Crippen LogP contribution in [0.15, 0.2) is 47.4 Å². The number of hydrogen-bond acceptors (Lipinski definition) is 5. The maximum Gasteiger partial charge on any atom is 0.338 e. The Kier molecular flexibility index (Phi) is 5.42. The summed E-state index contributed by atoms with van der Waals surface area (Å²) in [6.45, 7) is 5.34. The first-order valence-electron chi connectivity index (χ1n) is 7.72. The van der Waals surface area contributed by atoms with Gasteiger partial charge in [-0.3, -0.25) is 4.79 Å². The Morgan fingerprint density at radius 1 is 0.960 bits per heavy atom. The van der Waals surface area contributed by atoms with Gasteiger partial charge >= 0.3 is 5.97 Å². The zero-order chi connectivity index (χ0) is 18.8. The summed E-state index contributed by atoms with van der Waals surface area (Å²) < 4.78 is 28.4. The molecule has 2 rings (SSSR count). The second kappa shape index (κ2) is 7.19. The lowest BCUT2D eigenvalue weighted by atomic mass is 10.0. The number of rotatable bonds is 5. The summed E-state index contributed by atoms with van der Waals surface area (Å²) >= 11 is 0. The van der Waals surface area contributed by atoms with Gasteiger partial charge in [0.2, 0.25) is 5.78 Å². The normalized spacial score (nSPS) is 12.5. The summed E-state index contributed by atoms with van der Waals surface area (Å²) in [6.07, 6.45) is 0.0834. The van der Waals surface area contributed by atoms with Crippen molar-refractivity contribution in [3.8, 4) is 0 Å². The molecule has 0 aromatic heterocycles. The van der Waals surface area contributed by atoms with E-state index in [0.29, 0.717) is 5.56 Å². The number of ketones is 1. The van der Waals surface area contributed by atoms with E-state index < -0.39 is 21.9 Å². The van der Waals surface area contributed by atoms with Crippen molar-refractivity contribution in [2.24, 2.45) is 0 Å².